The number of nitrogens with one attached hydrogen (secondary N) is 2. The SMILES string of the molecule is CC[C@H](CN1CC[C@@H](CNC(=O)c2csc(-c3ccccc3)n2)N[C@@H](CCN2CCCCC2)C1=O)c1ccccc1. The molecule has 2 aromatic carbocycles. The Hall–Kier alpha value is -3.07. The Bertz CT molecular complexity index is 1240. The lowest BCUT2D eigenvalue weighted by molar-refractivity contribution is -0.133. The van der Waals surface area contributed by atoms with Gasteiger partial charge in [0.1, 0.15) is 10.7 Å². The van der Waals surface area contributed by atoms with Crippen molar-refractivity contribution in [2.75, 3.05) is 39.3 Å². The first-order valence-corrected chi connectivity index (χ1v) is 16.1. The van der Waals surface area contributed by atoms with Gasteiger partial charge < -0.3 is 20.4 Å². The van der Waals surface area contributed by atoms with Gasteiger partial charge in [0.05, 0.1) is 6.04 Å². The molecule has 2 fully saturated rings. The topological polar surface area (TPSA) is 77.6 Å². The van der Waals surface area contributed by atoms with E-state index < -0.39 is 0 Å². The summed E-state index contributed by atoms with van der Waals surface area (Å²) in [7, 11) is 0. The van der Waals surface area contributed by atoms with Crippen LogP contribution in [-0.2, 0) is 4.79 Å². The van der Waals surface area contributed by atoms with Crippen LogP contribution in [-0.4, -0.2) is 78.0 Å². The second-order valence-corrected chi connectivity index (χ2v) is 12.2. The zero-order valence-electron chi connectivity index (χ0n) is 24.1. The smallest absolute Gasteiger partial charge is 0.270 e. The lowest BCUT2D eigenvalue weighted by atomic mass is 9.95. The molecule has 0 radical (unpaired) electrons. The predicted octanol–water partition coefficient (Wildman–Crippen LogP) is 5.17. The van der Waals surface area contributed by atoms with Crippen LogP contribution in [0.15, 0.2) is 66.0 Å². The van der Waals surface area contributed by atoms with Crippen molar-refractivity contribution in [3.8, 4) is 10.6 Å². The third kappa shape index (κ3) is 8.03. The lowest BCUT2D eigenvalue weighted by Gasteiger charge is -2.31. The van der Waals surface area contributed by atoms with Crippen LogP contribution in [0.1, 0.15) is 67.4 Å². The highest BCUT2D eigenvalue weighted by Crippen LogP contribution is 2.24. The number of piperidine rings is 1. The van der Waals surface area contributed by atoms with E-state index in [1.54, 1.807) is 0 Å². The fraction of sp³-hybridized carbons (Fsp3) is 0.485. The summed E-state index contributed by atoms with van der Waals surface area (Å²) in [6.07, 6.45) is 6.35. The first kappa shape index (κ1) is 29.4. The third-order valence-electron chi connectivity index (χ3n) is 8.45. The van der Waals surface area contributed by atoms with Crippen LogP contribution in [0, 0.1) is 0 Å². The number of benzene rings is 2. The number of amides is 2. The van der Waals surface area contributed by atoms with E-state index in [1.807, 2.05) is 41.8 Å². The summed E-state index contributed by atoms with van der Waals surface area (Å²) in [5.41, 5.74) is 2.74. The van der Waals surface area contributed by atoms with Crippen molar-refractivity contribution in [1.82, 2.24) is 25.4 Å². The number of hydrogen-bond donors (Lipinski definition) is 2. The molecule has 2 aliphatic heterocycles. The van der Waals surface area contributed by atoms with Crippen LogP contribution in [0.3, 0.4) is 0 Å². The minimum atomic E-state index is -0.251. The summed E-state index contributed by atoms with van der Waals surface area (Å²) in [5.74, 6) is 0.331. The Morgan fingerprint density at radius 3 is 2.51 bits per heavy atom. The molecule has 3 heterocycles. The number of aromatic nitrogens is 1. The lowest BCUT2D eigenvalue weighted by Crippen LogP contribution is -2.50. The molecular formula is C33H43N5O2S. The van der Waals surface area contributed by atoms with Crippen LogP contribution >= 0.6 is 11.3 Å². The summed E-state index contributed by atoms with van der Waals surface area (Å²) < 4.78 is 0. The Morgan fingerprint density at radius 2 is 1.78 bits per heavy atom. The van der Waals surface area contributed by atoms with Crippen molar-refractivity contribution >= 4 is 23.2 Å². The molecule has 0 bridgehead atoms. The van der Waals surface area contributed by atoms with E-state index in [0.29, 0.717) is 24.7 Å². The van der Waals surface area contributed by atoms with Crippen LogP contribution < -0.4 is 10.6 Å². The number of carbonyl (C=O) groups excluding carboxylic acids is 2. The monoisotopic (exact) mass is 573 g/mol. The molecule has 2 N–H and O–H groups in total. The predicted molar refractivity (Wildman–Crippen MR) is 166 cm³/mol. The van der Waals surface area contributed by atoms with Gasteiger partial charge in [0.25, 0.3) is 5.91 Å². The Kier molecular flexibility index (Phi) is 10.6. The van der Waals surface area contributed by atoms with Gasteiger partial charge in [-0.1, -0.05) is 74.0 Å². The molecule has 0 unspecified atom stereocenters. The molecule has 3 atom stereocenters. The van der Waals surface area contributed by atoms with Crippen molar-refractivity contribution in [1.29, 1.82) is 0 Å². The van der Waals surface area contributed by atoms with Crippen molar-refractivity contribution in [2.45, 2.75) is 63.5 Å². The zero-order chi connectivity index (χ0) is 28.4. The number of nitrogens with zero attached hydrogens (tertiary/aromatic N) is 3. The number of rotatable bonds is 11. The first-order chi connectivity index (χ1) is 20.1. The minimum absolute atomic E-state index is 0.0169. The fourth-order valence-corrected chi connectivity index (χ4v) is 6.79. The molecule has 3 aromatic rings. The first-order valence-electron chi connectivity index (χ1n) is 15.2. The average molecular weight is 574 g/mol. The standard InChI is InChI=1S/C33H43N5O2S/c1-2-25(26-12-6-3-7-13-26)23-38-21-16-28(35-29(33(38)40)17-20-37-18-10-5-11-19-37)22-34-31(39)30-24-41-32(36-30)27-14-8-4-9-15-27/h3-4,6-9,12-15,24-25,28-29,35H,2,5,10-11,16-23H2,1H3,(H,34,39)/t25-,28+,29+/m1/s1. The number of hydrogen-bond acceptors (Lipinski definition) is 6. The molecule has 7 nitrogen and oxygen atoms in total. The molecule has 41 heavy (non-hydrogen) atoms. The number of carbonyl (C=O) groups is 2. The van der Waals surface area contributed by atoms with Crippen molar-refractivity contribution < 1.29 is 9.59 Å². The molecule has 5 rings (SSSR count). The van der Waals surface area contributed by atoms with E-state index in [9.17, 15) is 9.59 Å². The van der Waals surface area contributed by atoms with Gasteiger partial charge in [-0.2, -0.15) is 0 Å². The van der Waals surface area contributed by atoms with Gasteiger partial charge in [0, 0.05) is 49.1 Å². The molecule has 1 aromatic heterocycles. The largest absolute Gasteiger partial charge is 0.349 e. The Morgan fingerprint density at radius 1 is 1.05 bits per heavy atom. The van der Waals surface area contributed by atoms with Crippen LogP contribution in [0.5, 0.6) is 0 Å². The van der Waals surface area contributed by atoms with Gasteiger partial charge >= 0.3 is 0 Å². The maximum atomic E-state index is 13.9. The molecule has 8 heteroatoms. The number of thiazole rings is 1. The van der Waals surface area contributed by atoms with Crippen LogP contribution in [0.25, 0.3) is 10.6 Å². The zero-order valence-corrected chi connectivity index (χ0v) is 25.0. The Labute approximate surface area is 248 Å². The fourth-order valence-electron chi connectivity index (χ4n) is 5.98. The number of likely N-dealkylation sites (tertiary alicyclic amines) is 1. The molecule has 0 saturated carbocycles. The second kappa shape index (κ2) is 14.7. The van der Waals surface area contributed by atoms with Crippen LogP contribution in [0.2, 0.25) is 0 Å². The van der Waals surface area contributed by atoms with Gasteiger partial charge in [-0.3, -0.25) is 9.59 Å². The maximum Gasteiger partial charge on any atom is 0.270 e. The highest BCUT2D eigenvalue weighted by molar-refractivity contribution is 7.13. The van der Waals surface area contributed by atoms with E-state index in [0.717, 1.165) is 56.0 Å². The van der Waals surface area contributed by atoms with Gasteiger partial charge in [-0.15, -0.1) is 11.3 Å². The van der Waals surface area contributed by atoms with Crippen molar-refractivity contribution in [2.24, 2.45) is 0 Å². The summed E-state index contributed by atoms with van der Waals surface area (Å²) in [5, 5.41) is 9.41. The van der Waals surface area contributed by atoms with E-state index in [1.165, 1.54) is 36.2 Å². The highest BCUT2D eigenvalue weighted by atomic mass is 32.1. The summed E-state index contributed by atoms with van der Waals surface area (Å²) in [4.78, 5) is 36.1. The Balaban J connectivity index is 1.23. The molecule has 2 saturated heterocycles. The maximum absolute atomic E-state index is 13.9. The van der Waals surface area contributed by atoms with Gasteiger partial charge in [-0.05, 0) is 50.8 Å². The molecule has 2 aliphatic rings. The van der Waals surface area contributed by atoms with E-state index in [2.05, 4.69) is 56.6 Å². The van der Waals surface area contributed by atoms with E-state index >= 15 is 0 Å². The van der Waals surface area contributed by atoms with E-state index in [4.69, 9.17) is 0 Å². The normalized spacial score (nSPS) is 20.9. The van der Waals surface area contributed by atoms with Gasteiger partial charge in [-0.25, -0.2) is 4.98 Å². The van der Waals surface area contributed by atoms with E-state index in [-0.39, 0.29) is 23.9 Å². The molecule has 2 amide bonds. The van der Waals surface area contributed by atoms with Gasteiger partial charge in [0.15, 0.2) is 0 Å². The summed E-state index contributed by atoms with van der Waals surface area (Å²) in [6, 6.07) is 20.2. The molecular weight excluding hydrogens is 530 g/mol. The second-order valence-electron chi connectivity index (χ2n) is 11.3. The van der Waals surface area contributed by atoms with Crippen molar-refractivity contribution in [3.63, 3.8) is 0 Å². The third-order valence-corrected chi connectivity index (χ3v) is 9.34. The summed E-state index contributed by atoms with van der Waals surface area (Å²) >= 11 is 1.48. The molecule has 0 aliphatic carbocycles. The molecule has 218 valence electrons. The average Bonchev–Trinajstić information content (AvgIpc) is 3.48. The molecule has 0 spiro atoms. The van der Waals surface area contributed by atoms with Crippen molar-refractivity contribution in [3.05, 3.63) is 77.3 Å². The van der Waals surface area contributed by atoms with Crippen LogP contribution in [0.4, 0.5) is 0 Å². The van der Waals surface area contributed by atoms with Gasteiger partial charge in [0.2, 0.25) is 5.91 Å². The summed E-state index contributed by atoms with van der Waals surface area (Å²) in [6.45, 7) is 7.24. The minimum Gasteiger partial charge on any atom is -0.349 e. The quantitative estimate of drug-likeness (QED) is 0.331. The highest BCUT2D eigenvalue weighted by Gasteiger charge is 2.32.